The number of benzene rings is 1. The third-order valence-electron chi connectivity index (χ3n) is 3.08. The van der Waals surface area contributed by atoms with E-state index in [9.17, 15) is 13.6 Å². The highest BCUT2D eigenvalue weighted by atomic mass is 19.3. The Labute approximate surface area is 109 Å². The van der Waals surface area contributed by atoms with Crippen molar-refractivity contribution < 1.29 is 18.7 Å². The van der Waals surface area contributed by atoms with Crippen molar-refractivity contribution in [1.29, 1.82) is 0 Å². The summed E-state index contributed by atoms with van der Waals surface area (Å²) in [4.78, 5) is 10.8. The smallest absolute Gasteiger partial charge is 0.335 e. The van der Waals surface area contributed by atoms with Crippen LogP contribution in [0.2, 0.25) is 0 Å². The van der Waals surface area contributed by atoms with Gasteiger partial charge >= 0.3 is 5.97 Å². The molecule has 0 aliphatic carbocycles. The molecular weight excluding hydrogens is 252 g/mol. The summed E-state index contributed by atoms with van der Waals surface area (Å²) in [6.07, 6.45) is -2.52. The van der Waals surface area contributed by atoms with Gasteiger partial charge in [0, 0.05) is 22.6 Å². The van der Waals surface area contributed by atoms with E-state index in [0.717, 1.165) is 0 Å². The molecule has 0 saturated heterocycles. The van der Waals surface area contributed by atoms with Gasteiger partial charge in [-0.2, -0.15) is 0 Å². The van der Waals surface area contributed by atoms with Crippen molar-refractivity contribution in [2.24, 2.45) is 0 Å². The second-order valence-corrected chi connectivity index (χ2v) is 4.31. The van der Waals surface area contributed by atoms with Gasteiger partial charge in [0.25, 0.3) is 6.43 Å². The fourth-order valence-electron chi connectivity index (χ4n) is 2.16. The summed E-state index contributed by atoms with van der Waals surface area (Å²) >= 11 is 0. The van der Waals surface area contributed by atoms with E-state index in [2.05, 4.69) is 0 Å². The zero-order valence-electron chi connectivity index (χ0n) is 10.5. The topological polar surface area (TPSA) is 42.2 Å². The number of hydrogen-bond donors (Lipinski definition) is 1. The SMILES string of the molecule is Cc1cc(C(F)F)c(C)n1-c1ccc(C(=O)O)cc1. The molecule has 0 spiro atoms. The molecular formula is C14H13F2NO2. The molecule has 0 saturated carbocycles. The Morgan fingerprint density at radius 3 is 2.21 bits per heavy atom. The second-order valence-electron chi connectivity index (χ2n) is 4.31. The van der Waals surface area contributed by atoms with Crippen molar-refractivity contribution in [1.82, 2.24) is 4.57 Å². The molecule has 2 aromatic rings. The maximum atomic E-state index is 12.8. The van der Waals surface area contributed by atoms with Gasteiger partial charge in [-0.05, 0) is 44.2 Å². The summed E-state index contributed by atoms with van der Waals surface area (Å²) in [6.45, 7) is 3.36. The summed E-state index contributed by atoms with van der Waals surface area (Å²) in [5.74, 6) is -1.01. The highest BCUT2D eigenvalue weighted by Gasteiger charge is 2.17. The molecule has 19 heavy (non-hydrogen) atoms. The van der Waals surface area contributed by atoms with E-state index in [1.807, 2.05) is 0 Å². The van der Waals surface area contributed by atoms with E-state index in [1.165, 1.54) is 18.2 Å². The van der Waals surface area contributed by atoms with Crippen LogP contribution in [0.1, 0.15) is 33.7 Å². The summed E-state index contributed by atoms with van der Waals surface area (Å²) in [5.41, 5.74) is 2.00. The minimum Gasteiger partial charge on any atom is -0.478 e. The molecule has 0 aliphatic rings. The molecule has 0 aliphatic heterocycles. The third kappa shape index (κ3) is 2.36. The van der Waals surface area contributed by atoms with E-state index in [-0.39, 0.29) is 11.1 Å². The lowest BCUT2D eigenvalue weighted by molar-refractivity contribution is 0.0697. The van der Waals surface area contributed by atoms with Crippen molar-refractivity contribution in [3.8, 4) is 5.69 Å². The number of halogens is 2. The Balaban J connectivity index is 2.50. The number of hydrogen-bond acceptors (Lipinski definition) is 1. The minimum atomic E-state index is -2.52. The molecule has 0 bridgehead atoms. The zero-order valence-corrected chi connectivity index (χ0v) is 10.5. The number of carbonyl (C=O) groups is 1. The van der Waals surface area contributed by atoms with E-state index in [0.29, 0.717) is 17.1 Å². The molecule has 0 atom stereocenters. The lowest BCUT2D eigenvalue weighted by Crippen LogP contribution is -2.01. The van der Waals surface area contributed by atoms with Crippen molar-refractivity contribution in [3.05, 3.63) is 52.8 Å². The summed E-state index contributed by atoms with van der Waals surface area (Å²) in [7, 11) is 0. The van der Waals surface area contributed by atoms with Crippen LogP contribution in [0.3, 0.4) is 0 Å². The van der Waals surface area contributed by atoms with Crippen molar-refractivity contribution >= 4 is 5.97 Å². The lowest BCUT2D eigenvalue weighted by Gasteiger charge is -2.10. The molecule has 3 nitrogen and oxygen atoms in total. The number of aromatic carboxylic acids is 1. The quantitative estimate of drug-likeness (QED) is 0.918. The second kappa shape index (κ2) is 4.84. The van der Waals surface area contributed by atoms with Gasteiger partial charge in [0.1, 0.15) is 0 Å². The molecule has 1 aromatic carbocycles. The van der Waals surface area contributed by atoms with Gasteiger partial charge in [-0.25, -0.2) is 13.6 Å². The molecule has 1 N–H and O–H groups in total. The van der Waals surface area contributed by atoms with Gasteiger partial charge in [-0.15, -0.1) is 0 Å². The fourth-order valence-corrected chi connectivity index (χ4v) is 2.16. The average molecular weight is 265 g/mol. The first-order valence-corrected chi connectivity index (χ1v) is 5.72. The van der Waals surface area contributed by atoms with E-state index < -0.39 is 12.4 Å². The predicted molar refractivity (Wildman–Crippen MR) is 67.2 cm³/mol. The number of aryl methyl sites for hydroxylation is 1. The number of carboxylic acids is 1. The number of nitrogens with zero attached hydrogens (tertiary/aromatic N) is 1. The third-order valence-corrected chi connectivity index (χ3v) is 3.08. The first kappa shape index (κ1) is 13.3. The maximum Gasteiger partial charge on any atom is 0.335 e. The molecule has 100 valence electrons. The van der Waals surface area contributed by atoms with Gasteiger partial charge in [0.2, 0.25) is 0 Å². The van der Waals surface area contributed by atoms with Crippen LogP contribution in [0.4, 0.5) is 8.78 Å². The molecule has 0 amide bonds. The Kier molecular flexibility index (Phi) is 3.38. The average Bonchev–Trinajstić information content (AvgIpc) is 2.65. The zero-order chi connectivity index (χ0) is 14.2. The minimum absolute atomic E-state index is 0.000175. The fraction of sp³-hybridized carbons (Fsp3) is 0.214. The number of rotatable bonds is 3. The molecule has 0 radical (unpaired) electrons. The number of carboxylic acid groups (broad SMARTS) is 1. The van der Waals surface area contributed by atoms with Crippen LogP contribution in [-0.2, 0) is 0 Å². The Hall–Kier alpha value is -2.17. The first-order valence-electron chi connectivity index (χ1n) is 5.72. The summed E-state index contributed by atoms with van der Waals surface area (Å²) < 4.78 is 27.3. The summed E-state index contributed by atoms with van der Waals surface area (Å²) in [5, 5.41) is 8.83. The van der Waals surface area contributed by atoms with E-state index in [4.69, 9.17) is 5.11 Å². The van der Waals surface area contributed by atoms with Crippen molar-refractivity contribution in [2.45, 2.75) is 20.3 Å². The summed E-state index contributed by atoms with van der Waals surface area (Å²) in [6, 6.07) is 7.58. The molecule has 1 aromatic heterocycles. The standard InChI is InChI=1S/C14H13F2NO2/c1-8-7-12(13(15)16)9(2)17(8)11-5-3-10(4-6-11)14(18)19/h3-7,13H,1-2H3,(H,18,19). The van der Waals surface area contributed by atoms with Crippen LogP contribution in [0, 0.1) is 13.8 Å². The number of aromatic nitrogens is 1. The van der Waals surface area contributed by atoms with Gasteiger partial charge in [0.15, 0.2) is 0 Å². The Morgan fingerprint density at radius 1 is 1.21 bits per heavy atom. The highest BCUT2D eigenvalue weighted by Crippen LogP contribution is 2.28. The van der Waals surface area contributed by atoms with Crippen LogP contribution < -0.4 is 0 Å². The van der Waals surface area contributed by atoms with Crippen LogP contribution in [-0.4, -0.2) is 15.6 Å². The van der Waals surface area contributed by atoms with E-state index >= 15 is 0 Å². The monoisotopic (exact) mass is 265 g/mol. The van der Waals surface area contributed by atoms with Gasteiger partial charge in [0.05, 0.1) is 5.56 Å². The van der Waals surface area contributed by atoms with Gasteiger partial charge in [-0.3, -0.25) is 0 Å². The molecule has 1 heterocycles. The molecule has 2 rings (SSSR count). The van der Waals surface area contributed by atoms with Crippen molar-refractivity contribution in [2.75, 3.05) is 0 Å². The Morgan fingerprint density at radius 2 is 1.79 bits per heavy atom. The highest BCUT2D eigenvalue weighted by molar-refractivity contribution is 5.87. The van der Waals surface area contributed by atoms with Gasteiger partial charge in [-0.1, -0.05) is 0 Å². The maximum absolute atomic E-state index is 12.8. The van der Waals surface area contributed by atoms with Gasteiger partial charge < -0.3 is 9.67 Å². The largest absolute Gasteiger partial charge is 0.478 e. The van der Waals surface area contributed by atoms with E-state index in [1.54, 1.807) is 30.5 Å². The Bertz CT molecular complexity index is 615. The molecule has 5 heteroatoms. The number of alkyl halides is 2. The van der Waals surface area contributed by atoms with Crippen LogP contribution in [0.15, 0.2) is 30.3 Å². The van der Waals surface area contributed by atoms with Crippen molar-refractivity contribution in [3.63, 3.8) is 0 Å². The lowest BCUT2D eigenvalue weighted by atomic mass is 10.2. The predicted octanol–water partition coefficient (Wildman–Crippen LogP) is 3.73. The van der Waals surface area contributed by atoms with Crippen LogP contribution in [0.5, 0.6) is 0 Å². The first-order chi connectivity index (χ1) is 8.91. The molecule has 0 unspecified atom stereocenters. The normalized spacial score (nSPS) is 11.0. The van der Waals surface area contributed by atoms with Crippen LogP contribution in [0.25, 0.3) is 5.69 Å². The molecule has 0 fully saturated rings. The van der Waals surface area contributed by atoms with Crippen LogP contribution >= 0.6 is 0 Å².